The number of methoxy groups -OCH3 is 1. The molecule has 1 aromatic carbocycles. The number of nitrogens with zero attached hydrogens (tertiary/aromatic N) is 5. The zero-order valence-electron chi connectivity index (χ0n) is 17.4. The Morgan fingerprint density at radius 2 is 1.93 bits per heavy atom. The van der Waals surface area contributed by atoms with Gasteiger partial charge in [0.1, 0.15) is 5.75 Å². The lowest BCUT2D eigenvalue weighted by Crippen LogP contribution is -2.38. The number of aryl methyl sites for hydroxylation is 1. The SMILES string of the molecule is CCNC(=NCc1ccn(-c2ccc(OC)cc2)n1)N(C)Cc1cccn1C.I. The monoisotopic (exact) mass is 508 g/mol. The molecule has 8 heteroatoms. The molecule has 7 nitrogen and oxygen atoms in total. The van der Waals surface area contributed by atoms with Gasteiger partial charge in [-0.05, 0) is 49.4 Å². The average molecular weight is 508 g/mol. The summed E-state index contributed by atoms with van der Waals surface area (Å²) in [6.07, 6.45) is 4.01. The summed E-state index contributed by atoms with van der Waals surface area (Å²) in [4.78, 5) is 6.88. The number of nitrogens with one attached hydrogen (secondary N) is 1. The maximum atomic E-state index is 5.20. The lowest BCUT2D eigenvalue weighted by atomic mass is 10.3. The topological polar surface area (TPSA) is 59.6 Å². The Morgan fingerprint density at radius 1 is 1.17 bits per heavy atom. The lowest BCUT2D eigenvalue weighted by molar-refractivity contribution is 0.414. The van der Waals surface area contributed by atoms with E-state index in [0.29, 0.717) is 6.54 Å². The molecule has 0 unspecified atom stereocenters. The molecule has 0 aliphatic carbocycles. The molecule has 0 saturated heterocycles. The van der Waals surface area contributed by atoms with Gasteiger partial charge in [0.2, 0.25) is 0 Å². The van der Waals surface area contributed by atoms with E-state index in [1.54, 1.807) is 7.11 Å². The van der Waals surface area contributed by atoms with Crippen LogP contribution in [0.1, 0.15) is 18.3 Å². The largest absolute Gasteiger partial charge is 0.497 e. The van der Waals surface area contributed by atoms with Gasteiger partial charge >= 0.3 is 0 Å². The van der Waals surface area contributed by atoms with Crippen LogP contribution in [0.15, 0.2) is 59.9 Å². The van der Waals surface area contributed by atoms with Gasteiger partial charge in [-0.2, -0.15) is 5.10 Å². The maximum absolute atomic E-state index is 5.20. The fourth-order valence-corrected chi connectivity index (χ4v) is 2.93. The Labute approximate surface area is 189 Å². The van der Waals surface area contributed by atoms with E-state index in [2.05, 4.69) is 52.2 Å². The predicted octanol–water partition coefficient (Wildman–Crippen LogP) is 3.43. The highest BCUT2D eigenvalue weighted by Gasteiger charge is 2.09. The van der Waals surface area contributed by atoms with E-state index in [-0.39, 0.29) is 24.0 Å². The van der Waals surface area contributed by atoms with Gasteiger partial charge in [0.05, 0.1) is 31.6 Å². The third-order valence-corrected chi connectivity index (χ3v) is 4.52. The summed E-state index contributed by atoms with van der Waals surface area (Å²) in [6.45, 7) is 4.19. The molecule has 3 aromatic rings. The van der Waals surface area contributed by atoms with E-state index >= 15 is 0 Å². The minimum absolute atomic E-state index is 0. The molecule has 0 atom stereocenters. The van der Waals surface area contributed by atoms with E-state index in [1.165, 1.54) is 5.69 Å². The Balaban J connectivity index is 0.00000300. The molecule has 0 bridgehead atoms. The summed E-state index contributed by atoms with van der Waals surface area (Å²) in [5.74, 6) is 1.69. The molecule has 0 aliphatic rings. The van der Waals surface area contributed by atoms with Crippen LogP contribution in [0.5, 0.6) is 5.75 Å². The van der Waals surface area contributed by atoms with Gasteiger partial charge in [-0.25, -0.2) is 9.67 Å². The van der Waals surface area contributed by atoms with Crippen molar-refractivity contribution < 1.29 is 4.74 Å². The first-order valence-electron chi connectivity index (χ1n) is 9.39. The Morgan fingerprint density at radius 3 is 2.55 bits per heavy atom. The van der Waals surface area contributed by atoms with Crippen LogP contribution in [0.25, 0.3) is 5.69 Å². The number of hydrogen-bond donors (Lipinski definition) is 1. The van der Waals surface area contributed by atoms with Crippen LogP contribution < -0.4 is 10.1 Å². The first kappa shape index (κ1) is 22.8. The molecule has 3 rings (SSSR count). The van der Waals surface area contributed by atoms with Crippen LogP contribution in [-0.2, 0) is 20.1 Å². The van der Waals surface area contributed by atoms with Crippen molar-refractivity contribution in [3.05, 3.63) is 66.2 Å². The molecule has 1 N–H and O–H groups in total. The second-order valence-corrected chi connectivity index (χ2v) is 6.59. The molecule has 2 aromatic heterocycles. The van der Waals surface area contributed by atoms with Crippen molar-refractivity contribution in [1.82, 2.24) is 24.6 Å². The summed E-state index contributed by atoms with van der Waals surface area (Å²) >= 11 is 0. The van der Waals surface area contributed by atoms with Crippen LogP contribution >= 0.6 is 24.0 Å². The van der Waals surface area contributed by atoms with Crippen molar-refractivity contribution in [3.63, 3.8) is 0 Å². The molecule has 2 heterocycles. The quantitative estimate of drug-likeness (QED) is 0.302. The number of aromatic nitrogens is 3. The molecule has 0 amide bonds. The number of aliphatic imine (C=N–C) groups is 1. The highest BCUT2D eigenvalue weighted by Crippen LogP contribution is 2.14. The summed E-state index contributed by atoms with van der Waals surface area (Å²) in [6, 6.07) is 14.0. The van der Waals surface area contributed by atoms with E-state index in [1.807, 2.05) is 48.3 Å². The second-order valence-electron chi connectivity index (χ2n) is 6.59. The fraction of sp³-hybridized carbons (Fsp3) is 0.333. The van der Waals surface area contributed by atoms with Gasteiger partial charge in [0.15, 0.2) is 5.96 Å². The highest BCUT2D eigenvalue weighted by atomic mass is 127. The summed E-state index contributed by atoms with van der Waals surface area (Å²) in [7, 11) is 5.76. The van der Waals surface area contributed by atoms with E-state index in [9.17, 15) is 0 Å². The Kier molecular flexibility index (Phi) is 8.56. The van der Waals surface area contributed by atoms with E-state index in [0.717, 1.165) is 36.2 Å². The zero-order chi connectivity index (χ0) is 19.9. The third kappa shape index (κ3) is 5.99. The standard InChI is InChI=1S/C21H28N6O.HI/c1-5-22-21(26(3)16-19-7-6-13-25(19)2)23-15-17-12-14-27(24-17)18-8-10-20(28-4)11-9-18;/h6-14H,5,15-16H2,1-4H3,(H,22,23);1H. The minimum Gasteiger partial charge on any atom is -0.497 e. The van der Waals surface area contributed by atoms with Gasteiger partial charge in [-0.15, -0.1) is 24.0 Å². The molecule has 156 valence electrons. The lowest BCUT2D eigenvalue weighted by Gasteiger charge is -2.22. The number of halogens is 1. The van der Waals surface area contributed by atoms with Gasteiger partial charge < -0.3 is 19.5 Å². The van der Waals surface area contributed by atoms with Crippen molar-refractivity contribution >= 4 is 29.9 Å². The predicted molar refractivity (Wildman–Crippen MR) is 127 cm³/mol. The van der Waals surface area contributed by atoms with Gasteiger partial charge in [0.25, 0.3) is 0 Å². The van der Waals surface area contributed by atoms with Crippen LogP contribution in [0, 0.1) is 0 Å². The Bertz CT molecular complexity index is 915. The smallest absolute Gasteiger partial charge is 0.194 e. The van der Waals surface area contributed by atoms with E-state index in [4.69, 9.17) is 9.73 Å². The first-order valence-corrected chi connectivity index (χ1v) is 9.39. The molecular weight excluding hydrogens is 479 g/mol. The molecule has 0 radical (unpaired) electrons. The number of rotatable bonds is 7. The summed E-state index contributed by atoms with van der Waals surface area (Å²) in [5, 5.41) is 7.99. The van der Waals surface area contributed by atoms with Crippen LogP contribution in [0.4, 0.5) is 0 Å². The molecule has 0 fully saturated rings. The Hall–Kier alpha value is -2.49. The third-order valence-electron chi connectivity index (χ3n) is 4.52. The van der Waals surface area contributed by atoms with Gasteiger partial charge in [0, 0.05) is 38.7 Å². The van der Waals surface area contributed by atoms with Gasteiger partial charge in [-0.3, -0.25) is 0 Å². The molecule has 0 saturated carbocycles. The van der Waals surface area contributed by atoms with Gasteiger partial charge in [-0.1, -0.05) is 0 Å². The number of benzene rings is 1. The normalized spacial score (nSPS) is 11.1. The van der Waals surface area contributed by atoms with Crippen LogP contribution in [0.2, 0.25) is 0 Å². The van der Waals surface area contributed by atoms with Crippen LogP contribution in [-0.4, -0.2) is 45.9 Å². The molecular formula is C21H29IN6O. The van der Waals surface area contributed by atoms with E-state index < -0.39 is 0 Å². The summed E-state index contributed by atoms with van der Waals surface area (Å²) < 4.78 is 9.18. The van der Waals surface area contributed by atoms with Crippen LogP contribution in [0.3, 0.4) is 0 Å². The minimum atomic E-state index is 0. The maximum Gasteiger partial charge on any atom is 0.194 e. The highest BCUT2D eigenvalue weighted by molar-refractivity contribution is 14.0. The second kappa shape index (κ2) is 10.9. The van der Waals surface area contributed by atoms with Crippen molar-refractivity contribution in [2.45, 2.75) is 20.0 Å². The molecule has 0 aliphatic heterocycles. The van der Waals surface area contributed by atoms with Crippen molar-refractivity contribution in [3.8, 4) is 11.4 Å². The first-order chi connectivity index (χ1) is 13.6. The number of guanidine groups is 1. The average Bonchev–Trinajstić information content (AvgIpc) is 3.34. The number of ether oxygens (including phenoxy) is 1. The van der Waals surface area contributed by atoms with Crippen molar-refractivity contribution in [2.75, 3.05) is 20.7 Å². The van der Waals surface area contributed by atoms with Crippen molar-refractivity contribution in [1.29, 1.82) is 0 Å². The molecule has 0 spiro atoms. The fourth-order valence-electron chi connectivity index (χ4n) is 2.93. The number of hydrogen-bond acceptors (Lipinski definition) is 3. The molecule has 29 heavy (non-hydrogen) atoms. The summed E-state index contributed by atoms with van der Waals surface area (Å²) in [5.41, 5.74) is 3.14. The van der Waals surface area contributed by atoms with Crippen molar-refractivity contribution in [2.24, 2.45) is 12.0 Å². The zero-order valence-corrected chi connectivity index (χ0v) is 19.7.